The zero-order chi connectivity index (χ0) is 23.2. The third kappa shape index (κ3) is 5.66. The molecule has 0 radical (unpaired) electrons. The first-order valence-electron chi connectivity index (χ1n) is 10.6. The molecule has 1 aromatic carbocycles. The van der Waals surface area contributed by atoms with Crippen molar-refractivity contribution in [3.8, 4) is 17.4 Å². The van der Waals surface area contributed by atoms with Gasteiger partial charge in [-0.05, 0) is 31.5 Å². The molecule has 1 fully saturated rings. The Bertz CT molecular complexity index is 1100. The first-order chi connectivity index (χ1) is 16.0. The maximum Gasteiger partial charge on any atom is 0.257 e. The van der Waals surface area contributed by atoms with Gasteiger partial charge in [-0.3, -0.25) is 14.7 Å². The SMILES string of the molecule is COC[C@H](C)Oc1cc(Oc2ccc(C(=O)N3CCC3)cn2)cc(C(=O)Nc2ccn[nH]2)c1. The van der Waals surface area contributed by atoms with Crippen LogP contribution in [0.4, 0.5) is 5.82 Å². The van der Waals surface area contributed by atoms with E-state index in [2.05, 4.69) is 20.5 Å². The molecule has 0 aliphatic carbocycles. The van der Waals surface area contributed by atoms with Crippen molar-refractivity contribution in [1.29, 1.82) is 0 Å². The molecule has 0 spiro atoms. The molecular formula is C23H25N5O5. The molecule has 10 heteroatoms. The Morgan fingerprint density at radius 1 is 1.15 bits per heavy atom. The van der Waals surface area contributed by atoms with Gasteiger partial charge in [0, 0.05) is 50.2 Å². The molecule has 2 amide bonds. The van der Waals surface area contributed by atoms with E-state index < -0.39 is 0 Å². The van der Waals surface area contributed by atoms with Gasteiger partial charge in [0.1, 0.15) is 23.4 Å². The highest BCUT2D eigenvalue weighted by Crippen LogP contribution is 2.28. The van der Waals surface area contributed by atoms with Crippen LogP contribution in [0.2, 0.25) is 0 Å². The number of aromatic amines is 1. The van der Waals surface area contributed by atoms with Crippen LogP contribution in [0.3, 0.4) is 0 Å². The molecule has 1 aliphatic heterocycles. The number of carbonyl (C=O) groups excluding carboxylic acids is 2. The second kappa shape index (κ2) is 10.1. The number of anilines is 1. The van der Waals surface area contributed by atoms with Crippen molar-refractivity contribution in [1.82, 2.24) is 20.1 Å². The fraction of sp³-hybridized carbons (Fsp3) is 0.304. The van der Waals surface area contributed by atoms with E-state index >= 15 is 0 Å². The number of nitrogens with zero attached hydrogens (tertiary/aromatic N) is 3. The molecule has 1 saturated heterocycles. The summed E-state index contributed by atoms with van der Waals surface area (Å²) >= 11 is 0. The van der Waals surface area contributed by atoms with E-state index in [1.807, 2.05) is 6.92 Å². The summed E-state index contributed by atoms with van der Waals surface area (Å²) in [6.07, 6.45) is 3.82. The van der Waals surface area contributed by atoms with Gasteiger partial charge in [0.15, 0.2) is 0 Å². The van der Waals surface area contributed by atoms with Crippen molar-refractivity contribution in [3.63, 3.8) is 0 Å². The highest BCUT2D eigenvalue weighted by atomic mass is 16.5. The summed E-state index contributed by atoms with van der Waals surface area (Å²) in [5.41, 5.74) is 0.832. The Balaban J connectivity index is 1.53. The lowest BCUT2D eigenvalue weighted by atomic mass is 10.1. The van der Waals surface area contributed by atoms with Crippen molar-refractivity contribution < 1.29 is 23.8 Å². The molecule has 0 saturated carbocycles. The van der Waals surface area contributed by atoms with Gasteiger partial charge in [0.25, 0.3) is 11.8 Å². The molecule has 3 heterocycles. The largest absolute Gasteiger partial charge is 0.488 e. The number of carbonyl (C=O) groups is 2. The Labute approximate surface area is 190 Å². The predicted molar refractivity (Wildman–Crippen MR) is 120 cm³/mol. The number of hydrogen-bond acceptors (Lipinski definition) is 7. The van der Waals surface area contributed by atoms with Crippen LogP contribution in [0.25, 0.3) is 0 Å². The van der Waals surface area contributed by atoms with Gasteiger partial charge in [0.05, 0.1) is 18.4 Å². The van der Waals surface area contributed by atoms with E-state index in [9.17, 15) is 9.59 Å². The summed E-state index contributed by atoms with van der Waals surface area (Å²) in [6.45, 7) is 3.79. The van der Waals surface area contributed by atoms with Crippen LogP contribution < -0.4 is 14.8 Å². The van der Waals surface area contributed by atoms with Gasteiger partial charge >= 0.3 is 0 Å². The molecule has 0 bridgehead atoms. The van der Waals surface area contributed by atoms with E-state index in [1.165, 1.54) is 12.4 Å². The van der Waals surface area contributed by atoms with Gasteiger partial charge in [-0.25, -0.2) is 4.98 Å². The van der Waals surface area contributed by atoms with Crippen molar-refractivity contribution in [2.24, 2.45) is 0 Å². The molecule has 2 N–H and O–H groups in total. The van der Waals surface area contributed by atoms with E-state index in [0.717, 1.165) is 19.5 Å². The number of hydrogen-bond donors (Lipinski definition) is 2. The topological polar surface area (TPSA) is 119 Å². The van der Waals surface area contributed by atoms with Crippen LogP contribution in [0, 0.1) is 0 Å². The number of nitrogens with one attached hydrogen (secondary N) is 2. The maximum absolute atomic E-state index is 12.7. The normalized spacial score (nSPS) is 13.7. The molecule has 3 aromatic rings. The number of benzene rings is 1. The van der Waals surface area contributed by atoms with Gasteiger partial charge in [0.2, 0.25) is 5.88 Å². The van der Waals surface area contributed by atoms with Gasteiger partial charge in [-0.15, -0.1) is 0 Å². The van der Waals surface area contributed by atoms with E-state index in [0.29, 0.717) is 35.1 Å². The summed E-state index contributed by atoms with van der Waals surface area (Å²) in [5.74, 6) is 1.15. The Morgan fingerprint density at radius 3 is 2.61 bits per heavy atom. The first-order valence-corrected chi connectivity index (χ1v) is 10.6. The number of aromatic nitrogens is 3. The Kier molecular flexibility index (Phi) is 6.84. The highest BCUT2D eigenvalue weighted by Gasteiger charge is 2.22. The van der Waals surface area contributed by atoms with E-state index in [1.54, 1.807) is 48.4 Å². The molecule has 4 rings (SSSR count). The summed E-state index contributed by atoms with van der Waals surface area (Å²) in [7, 11) is 1.59. The summed E-state index contributed by atoms with van der Waals surface area (Å²) in [5, 5.41) is 9.23. The maximum atomic E-state index is 12.7. The quantitative estimate of drug-likeness (QED) is 0.513. The molecule has 2 aromatic heterocycles. The third-order valence-electron chi connectivity index (χ3n) is 4.98. The van der Waals surface area contributed by atoms with Gasteiger partial charge < -0.3 is 24.4 Å². The fourth-order valence-corrected chi connectivity index (χ4v) is 3.24. The predicted octanol–water partition coefficient (Wildman–Crippen LogP) is 3.11. The number of pyridine rings is 1. The van der Waals surface area contributed by atoms with Gasteiger partial charge in [-0.1, -0.05) is 0 Å². The van der Waals surface area contributed by atoms with Gasteiger partial charge in [-0.2, -0.15) is 5.10 Å². The summed E-state index contributed by atoms with van der Waals surface area (Å²) in [4.78, 5) is 31.1. The summed E-state index contributed by atoms with van der Waals surface area (Å²) in [6, 6.07) is 9.81. The van der Waals surface area contributed by atoms with E-state index in [-0.39, 0.29) is 23.8 Å². The van der Waals surface area contributed by atoms with E-state index in [4.69, 9.17) is 14.2 Å². The number of methoxy groups -OCH3 is 1. The van der Waals surface area contributed by atoms with Crippen molar-refractivity contribution in [2.75, 3.05) is 32.1 Å². The van der Waals surface area contributed by atoms with Crippen LogP contribution >= 0.6 is 0 Å². The average Bonchev–Trinajstić information content (AvgIpc) is 3.26. The lowest BCUT2D eigenvalue weighted by molar-refractivity contribution is 0.0651. The minimum Gasteiger partial charge on any atom is -0.488 e. The molecule has 10 nitrogen and oxygen atoms in total. The number of ether oxygens (including phenoxy) is 3. The first kappa shape index (κ1) is 22.3. The number of rotatable bonds is 9. The van der Waals surface area contributed by atoms with Crippen LogP contribution in [-0.2, 0) is 4.74 Å². The number of H-pyrrole nitrogens is 1. The molecular weight excluding hydrogens is 426 g/mol. The lowest BCUT2D eigenvalue weighted by Crippen LogP contribution is -2.42. The van der Waals surface area contributed by atoms with Crippen LogP contribution in [0.15, 0.2) is 48.8 Å². The number of likely N-dealkylation sites (tertiary alicyclic amines) is 1. The molecule has 1 aliphatic rings. The zero-order valence-electron chi connectivity index (χ0n) is 18.4. The second-order valence-electron chi connectivity index (χ2n) is 7.63. The monoisotopic (exact) mass is 451 g/mol. The average molecular weight is 451 g/mol. The lowest BCUT2D eigenvalue weighted by Gasteiger charge is -2.30. The Morgan fingerprint density at radius 2 is 1.97 bits per heavy atom. The smallest absolute Gasteiger partial charge is 0.257 e. The van der Waals surface area contributed by atoms with Crippen molar-refractivity contribution in [3.05, 3.63) is 59.9 Å². The molecule has 0 unspecified atom stereocenters. The Hall–Kier alpha value is -3.92. The third-order valence-corrected chi connectivity index (χ3v) is 4.98. The van der Waals surface area contributed by atoms with Crippen LogP contribution in [0.1, 0.15) is 34.1 Å². The molecule has 1 atom stereocenters. The zero-order valence-corrected chi connectivity index (χ0v) is 18.4. The second-order valence-corrected chi connectivity index (χ2v) is 7.63. The summed E-state index contributed by atoms with van der Waals surface area (Å²) < 4.78 is 16.9. The number of amides is 2. The molecule has 172 valence electrons. The van der Waals surface area contributed by atoms with Crippen LogP contribution in [0.5, 0.6) is 17.4 Å². The van der Waals surface area contributed by atoms with Crippen LogP contribution in [-0.4, -0.2) is 64.8 Å². The van der Waals surface area contributed by atoms with Crippen molar-refractivity contribution >= 4 is 17.6 Å². The minimum atomic E-state index is -0.364. The fourth-order valence-electron chi connectivity index (χ4n) is 3.24. The van der Waals surface area contributed by atoms with Crippen molar-refractivity contribution in [2.45, 2.75) is 19.4 Å². The minimum absolute atomic E-state index is 0.0411. The highest BCUT2D eigenvalue weighted by molar-refractivity contribution is 6.04. The standard InChI is InChI=1S/C23H25N5O5/c1-15(14-31-2)32-18-10-17(22(29)26-20-6-7-25-27-20)11-19(12-18)33-21-5-4-16(13-24-21)23(30)28-8-3-9-28/h4-7,10-13,15H,3,8-9,14H2,1-2H3,(H2,25,26,27,29)/t15-/m0/s1. The molecule has 33 heavy (non-hydrogen) atoms.